The van der Waals surface area contributed by atoms with Gasteiger partial charge in [0, 0.05) is 37.1 Å². The lowest BCUT2D eigenvalue weighted by Gasteiger charge is -2.32. The standard InChI is InChI=1S/C26H28N6O5/c1-35-18-3-4-19-20-14-37-30-24(20)26(34)32(21(19)12-18)11-10-31-8-6-16(7-9-31)27-13-17-2-5-22-25(28-17)29-23(33)15-36-22/h2-5,12,14,16,27H,6-11,13,15H2,1H3,(H,28,29,33). The van der Waals surface area contributed by atoms with Crippen molar-refractivity contribution in [3.63, 3.8) is 0 Å². The summed E-state index contributed by atoms with van der Waals surface area (Å²) in [5.74, 6) is 1.60. The van der Waals surface area contributed by atoms with Gasteiger partial charge >= 0.3 is 0 Å². The van der Waals surface area contributed by atoms with E-state index in [4.69, 9.17) is 14.0 Å². The molecule has 5 heterocycles. The molecule has 3 aromatic heterocycles. The minimum absolute atomic E-state index is 0.0265. The number of nitrogens with one attached hydrogen (secondary N) is 2. The van der Waals surface area contributed by atoms with Gasteiger partial charge in [-0.05, 0) is 50.2 Å². The Kier molecular flexibility index (Phi) is 6.23. The van der Waals surface area contributed by atoms with Crippen LogP contribution < -0.4 is 25.7 Å². The number of ether oxygens (including phenoxy) is 2. The van der Waals surface area contributed by atoms with Crippen LogP contribution in [0, 0.1) is 0 Å². The van der Waals surface area contributed by atoms with E-state index in [9.17, 15) is 9.59 Å². The second kappa shape index (κ2) is 9.83. The number of benzene rings is 1. The van der Waals surface area contributed by atoms with Crippen molar-refractivity contribution in [3.05, 3.63) is 52.6 Å². The smallest absolute Gasteiger partial charge is 0.281 e. The van der Waals surface area contributed by atoms with Crippen LogP contribution >= 0.6 is 0 Å². The monoisotopic (exact) mass is 504 g/mol. The van der Waals surface area contributed by atoms with Crippen molar-refractivity contribution in [2.45, 2.75) is 32.0 Å². The average molecular weight is 505 g/mol. The number of anilines is 1. The second-order valence-corrected chi connectivity index (χ2v) is 9.40. The Balaban J connectivity index is 1.08. The maximum absolute atomic E-state index is 13.2. The zero-order valence-electron chi connectivity index (χ0n) is 20.5. The van der Waals surface area contributed by atoms with Crippen LogP contribution in [0.4, 0.5) is 5.82 Å². The molecule has 0 aliphatic carbocycles. The van der Waals surface area contributed by atoms with E-state index in [1.54, 1.807) is 11.7 Å². The molecule has 0 bridgehead atoms. The number of amides is 1. The van der Waals surface area contributed by atoms with E-state index in [0.29, 0.717) is 47.4 Å². The number of carbonyl (C=O) groups excluding carboxylic acids is 1. The van der Waals surface area contributed by atoms with Gasteiger partial charge in [-0.25, -0.2) is 4.98 Å². The molecule has 0 atom stereocenters. The van der Waals surface area contributed by atoms with Crippen LogP contribution in [0.1, 0.15) is 18.5 Å². The second-order valence-electron chi connectivity index (χ2n) is 9.40. The van der Waals surface area contributed by atoms with E-state index in [1.807, 2.05) is 30.3 Å². The number of methoxy groups -OCH3 is 1. The largest absolute Gasteiger partial charge is 0.497 e. The molecule has 2 aliphatic rings. The lowest BCUT2D eigenvalue weighted by atomic mass is 10.0. The molecule has 0 saturated carbocycles. The van der Waals surface area contributed by atoms with E-state index in [1.165, 1.54) is 6.26 Å². The van der Waals surface area contributed by atoms with E-state index in [2.05, 4.69) is 25.7 Å². The first-order chi connectivity index (χ1) is 18.1. The highest BCUT2D eigenvalue weighted by Gasteiger charge is 2.21. The summed E-state index contributed by atoms with van der Waals surface area (Å²) in [5, 5.41) is 11.9. The number of likely N-dealkylation sites (tertiary alicyclic amines) is 1. The number of hydrogen-bond acceptors (Lipinski definition) is 9. The molecule has 2 aliphatic heterocycles. The number of piperidine rings is 1. The Bertz CT molecular complexity index is 1520. The van der Waals surface area contributed by atoms with Crippen LogP contribution in [-0.2, 0) is 17.9 Å². The Morgan fingerprint density at radius 3 is 2.84 bits per heavy atom. The van der Waals surface area contributed by atoms with Crippen LogP contribution in [0.2, 0.25) is 0 Å². The predicted molar refractivity (Wildman–Crippen MR) is 137 cm³/mol. The van der Waals surface area contributed by atoms with Crippen LogP contribution in [0.3, 0.4) is 0 Å². The molecule has 11 nitrogen and oxygen atoms in total. The number of pyridine rings is 2. The van der Waals surface area contributed by atoms with Gasteiger partial charge in [-0.1, -0.05) is 5.16 Å². The number of aromatic nitrogens is 3. The molecule has 0 radical (unpaired) electrons. The molecule has 37 heavy (non-hydrogen) atoms. The van der Waals surface area contributed by atoms with E-state index >= 15 is 0 Å². The summed E-state index contributed by atoms with van der Waals surface area (Å²) in [6.45, 7) is 3.82. The maximum atomic E-state index is 13.2. The SMILES string of the molecule is COc1ccc2c3conc3c(=O)n(CCN3CCC(NCc4ccc5c(n4)NC(=O)CO5)CC3)c2c1. The first kappa shape index (κ1) is 23.4. The normalized spacial score (nSPS) is 16.5. The van der Waals surface area contributed by atoms with Gasteiger partial charge in [0.15, 0.2) is 23.7 Å². The first-order valence-corrected chi connectivity index (χ1v) is 12.4. The Morgan fingerprint density at radius 2 is 2.00 bits per heavy atom. The predicted octanol–water partition coefficient (Wildman–Crippen LogP) is 2.13. The van der Waals surface area contributed by atoms with Crippen molar-refractivity contribution < 1.29 is 18.8 Å². The Morgan fingerprint density at radius 1 is 1.14 bits per heavy atom. The third-order valence-electron chi connectivity index (χ3n) is 7.14. The molecular formula is C26H28N6O5. The van der Waals surface area contributed by atoms with Crippen molar-refractivity contribution in [1.29, 1.82) is 0 Å². The van der Waals surface area contributed by atoms with Crippen molar-refractivity contribution in [3.8, 4) is 11.5 Å². The maximum Gasteiger partial charge on any atom is 0.281 e. The fraction of sp³-hybridized carbons (Fsp3) is 0.385. The van der Waals surface area contributed by atoms with E-state index in [0.717, 1.165) is 49.1 Å². The van der Waals surface area contributed by atoms with Gasteiger partial charge in [0.1, 0.15) is 12.0 Å². The van der Waals surface area contributed by atoms with E-state index < -0.39 is 0 Å². The highest BCUT2D eigenvalue weighted by Crippen LogP contribution is 2.27. The summed E-state index contributed by atoms with van der Waals surface area (Å²) in [6, 6.07) is 9.86. The number of rotatable bonds is 7. The summed E-state index contributed by atoms with van der Waals surface area (Å²) >= 11 is 0. The summed E-state index contributed by atoms with van der Waals surface area (Å²) < 4.78 is 17.7. The number of hydrogen-bond donors (Lipinski definition) is 2. The number of fused-ring (bicyclic) bond motifs is 4. The molecule has 1 aromatic carbocycles. The number of carbonyl (C=O) groups is 1. The first-order valence-electron chi connectivity index (χ1n) is 12.4. The minimum Gasteiger partial charge on any atom is -0.497 e. The van der Waals surface area contributed by atoms with Gasteiger partial charge in [-0.3, -0.25) is 9.59 Å². The summed E-state index contributed by atoms with van der Waals surface area (Å²) in [7, 11) is 1.62. The van der Waals surface area contributed by atoms with Gasteiger partial charge in [0.25, 0.3) is 11.5 Å². The summed E-state index contributed by atoms with van der Waals surface area (Å²) in [5.41, 5.74) is 1.87. The minimum atomic E-state index is -0.187. The molecule has 11 heteroatoms. The van der Waals surface area contributed by atoms with Crippen molar-refractivity contribution in [2.24, 2.45) is 0 Å². The van der Waals surface area contributed by atoms with Gasteiger partial charge < -0.3 is 34.1 Å². The van der Waals surface area contributed by atoms with Crippen molar-refractivity contribution >= 4 is 33.5 Å². The van der Waals surface area contributed by atoms with Crippen LogP contribution in [-0.4, -0.2) is 64.9 Å². The molecule has 6 rings (SSSR count). The summed E-state index contributed by atoms with van der Waals surface area (Å²) in [6.07, 6.45) is 3.52. The highest BCUT2D eigenvalue weighted by atomic mass is 16.5. The van der Waals surface area contributed by atoms with Crippen LogP contribution in [0.25, 0.3) is 21.8 Å². The quantitative estimate of drug-likeness (QED) is 0.390. The third kappa shape index (κ3) is 4.63. The van der Waals surface area contributed by atoms with Crippen molar-refractivity contribution in [2.75, 3.05) is 38.7 Å². The molecule has 1 fully saturated rings. The highest BCUT2D eigenvalue weighted by molar-refractivity contribution is 6.04. The molecule has 192 valence electrons. The van der Waals surface area contributed by atoms with Gasteiger partial charge in [-0.2, -0.15) is 0 Å². The fourth-order valence-corrected chi connectivity index (χ4v) is 5.08. The Hall–Kier alpha value is -3.96. The molecule has 1 amide bonds. The topological polar surface area (TPSA) is 124 Å². The zero-order valence-corrected chi connectivity index (χ0v) is 20.5. The van der Waals surface area contributed by atoms with Crippen LogP contribution in [0.5, 0.6) is 11.5 Å². The molecule has 4 aromatic rings. The lowest BCUT2D eigenvalue weighted by molar-refractivity contribution is -0.118. The molecule has 0 spiro atoms. The average Bonchev–Trinajstić information content (AvgIpc) is 3.42. The molecule has 1 saturated heterocycles. The van der Waals surface area contributed by atoms with Crippen molar-refractivity contribution in [1.82, 2.24) is 24.9 Å². The fourth-order valence-electron chi connectivity index (χ4n) is 5.08. The van der Waals surface area contributed by atoms with Gasteiger partial charge in [0.05, 0.1) is 23.7 Å². The molecule has 2 N–H and O–H groups in total. The Labute approximate surface area is 212 Å². The number of nitrogens with zero attached hydrogens (tertiary/aromatic N) is 4. The van der Waals surface area contributed by atoms with Gasteiger partial charge in [-0.15, -0.1) is 0 Å². The lowest BCUT2D eigenvalue weighted by Crippen LogP contribution is -2.43. The van der Waals surface area contributed by atoms with Gasteiger partial charge in [0.2, 0.25) is 0 Å². The zero-order chi connectivity index (χ0) is 25.4. The third-order valence-corrected chi connectivity index (χ3v) is 7.14. The molecular weight excluding hydrogens is 476 g/mol. The molecule has 0 unspecified atom stereocenters. The van der Waals surface area contributed by atoms with E-state index in [-0.39, 0.29) is 18.1 Å². The summed E-state index contributed by atoms with van der Waals surface area (Å²) in [4.78, 5) is 31.6. The van der Waals surface area contributed by atoms with Crippen LogP contribution in [0.15, 0.2) is 45.9 Å².